The number of ether oxygens (including phenoxy) is 1. The molecule has 1 aliphatic heterocycles. The van der Waals surface area contributed by atoms with Gasteiger partial charge in [-0.05, 0) is 38.1 Å². The quantitative estimate of drug-likeness (QED) is 0.870. The van der Waals surface area contributed by atoms with Crippen molar-refractivity contribution in [3.63, 3.8) is 0 Å². The van der Waals surface area contributed by atoms with E-state index in [1.165, 1.54) is 12.1 Å². The summed E-state index contributed by atoms with van der Waals surface area (Å²) in [6, 6.07) is 6.15. The maximum Gasteiger partial charge on any atom is 0.270 e. The molecule has 5 heteroatoms. The Morgan fingerprint density at radius 2 is 2.00 bits per heavy atom. The summed E-state index contributed by atoms with van der Waals surface area (Å²) in [6.07, 6.45) is 0.0639. The Kier molecular flexibility index (Phi) is 3.22. The van der Waals surface area contributed by atoms with Gasteiger partial charge in [-0.15, -0.1) is 0 Å². The summed E-state index contributed by atoms with van der Waals surface area (Å²) in [7, 11) is 0. The van der Waals surface area contributed by atoms with Gasteiger partial charge >= 0.3 is 0 Å². The zero-order valence-electron chi connectivity index (χ0n) is 11.5. The number of carbonyl (C=O) groups excluding carboxylic acids is 1. The molecule has 1 aliphatic rings. The molecule has 0 radical (unpaired) electrons. The van der Waals surface area contributed by atoms with Crippen LogP contribution in [0.1, 0.15) is 24.3 Å². The molecule has 1 amide bonds. The predicted molar refractivity (Wildman–Crippen MR) is 74.2 cm³/mol. The van der Waals surface area contributed by atoms with Crippen LogP contribution in [0.5, 0.6) is 0 Å². The number of morpholine rings is 1. The number of benzene rings is 1. The van der Waals surface area contributed by atoms with Crippen molar-refractivity contribution in [1.29, 1.82) is 0 Å². The Hall–Kier alpha value is -1.88. The number of rotatable bonds is 1. The minimum atomic E-state index is -0.302. The zero-order valence-corrected chi connectivity index (χ0v) is 11.5. The highest BCUT2D eigenvalue weighted by Gasteiger charge is 2.27. The molecule has 1 aromatic carbocycles. The Bertz CT molecular complexity index is 642. The first-order valence-electron chi connectivity index (χ1n) is 6.76. The molecule has 0 bridgehead atoms. The first-order valence-corrected chi connectivity index (χ1v) is 6.76. The highest BCUT2D eigenvalue weighted by Crippen LogP contribution is 2.19. The van der Waals surface area contributed by atoms with Crippen LogP contribution in [0.15, 0.2) is 24.3 Å². The van der Waals surface area contributed by atoms with Gasteiger partial charge in [-0.1, -0.05) is 0 Å². The van der Waals surface area contributed by atoms with Gasteiger partial charge in [0.25, 0.3) is 5.91 Å². The van der Waals surface area contributed by atoms with Crippen LogP contribution < -0.4 is 0 Å². The van der Waals surface area contributed by atoms with Gasteiger partial charge in [0.15, 0.2) is 0 Å². The molecule has 0 aliphatic carbocycles. The summed E-state index contributed by atoms with van der Waals surface area (Å²) < 4.78 is 18.8. The van der Waals surface area contributed by atoms with E-state index in [2.05, 4.69) is 4.98 Å². The van der Waals surface area contributed by atoms with Crippen molar-refractivity contribution < 1.29 is 13.9 Å². The second-order valence-corrected chi connectivity index (χ2v) is 5.38. The number of aromatic nitrogens is 1. The van der Waals surface area contributed by atoms with Crippen LogP contribution in [-0.2, 0) is 4.74 Å². The maximum absolute atomic E-state index is 13.2. The molecule has 0 unspecified atom stereocenters. The summed E-state index contributed by atoms with van der Waals surface area (Å²) in [5.74, 6) is -0.368. The van der Waals surface area contributed by atoms with E-state index in [1.807, 2.05) is 13.8 Å². The van der Waals surface area contributed by atoms with E-state index < -0.39 is 0 Å². The van der Waals surface area contributed by atoms with Crippen LogP contribution in [0.4, 0.5) is 4.39 Å². The molecule has 1 fully saturated rings. The molecule has 4 nitrogen and oxygen atoms in total. The van der Waals surface area contributed by atoms with Gasteiger partial charge < -0.3 is 14.6 Å². The fraction of sp³-hybridized carbons (Fsp3) is 0.400. The van der Waals surface area contributed by atoms with Crippen molar-refractivity contribution in [3.8, 4) is 0 Å². The third kappa shape index (κ3) is 2.41. The zero-order chi connectivity index (χ0) is 14.3. The van der Waals surface area contributed by atoms with Crippen molar-refractivity contribution in [3.05, 3.63) is 35.8 Å². The molecule has 1 aromatic heterocycles. The van der Waals surface area contributed by atoms with Gasteiger partial charge in [0.05, 0.1) is 12.2 Å². The van der Waals surface area contributed by atoms with E-state index in [-0.39, 0.29) is 23.9 Å². The molecule has 20 heavy (non-hydrogen) atoms. The molecule has 1 N–H and O–H groups in total. The largest absolute Gasteiger partial charge is 0.372 e. The van der Waals surface area contributed by atoms with Gasteiger partial charge in [0.2, 0.25) is 0 Å². The summed E-state index contributed by atoms with van der Waals surface area (Å²) in [5, 5.41) is 0.711. The second kappa shape index (κ2) is 4.90. The van der Waals surface area contributed by atoms with E-state index in [0.717, 1.165) is 5.52 Å². The average molecular weight is 276 g/mol. The van der Waals surface area contributed by atoms with Gasteiger partial charge in [0.1, 0.15) is 11.5 Å². The van der Waals surface area contributed by atoms with Crippen molar-refractivity contribution >= 4 is 16.8 Å². The van der Waals surface area contributed by atoms with Crippen LogP contribution >= 0.6 is 0 Å². The van der Waals surface area contributed by atoms with E-state index in [9.17, 15) is 9.18 Å². The Balaban J connectivity index is 1.88. The molecule has 2 heterocycles. The number of fused-ring (bicyclic) bond motifs is 1. The summed E-state index contributed by atoms with van der Waals surface area (Å²) in [6.45, 7) is 5.06. The highest BCUT2D eigenvalue weighted by molar-refractivity contribution is 5.98. The van der Waals surface area contributed by atoms with Crippen molar-refractivity contribution in [1.82, 2.24) is 9.88 Å². The predicted octanol–water partition coefficient (Wildman–Crippen LogP) is 2.56. The van der Waals surface area contributed by atoms with Crippen LogP contribution in [0.3, 0.4) is 0 Å². The fourth-order valence-electron chi connectivity index (χ4n) is 2.73. The van der Waals surface area contributed by atoms with Gasteiger partial charge in [-0.2, -0.15) is 0 Å². The van der Waals surface area contributed by atoms with Gasteiger partial charge in [-0.3, -0.25) is 4.79 Å². The fourth-order valence-corrected chi connectivity index (χ4v) is 2.73. The minimum absolute atomic E-state index is 0.0320. The molecule has 106 valence electrons. The lowest BCUT2D eigenvalue weighted by Crippen LogP contribution is -2.48. The third-order valence-electron chi connectivity index (χ3n) is 3.52. The Labute approximate surface area is 116 Å². The van der Waals surface area contributed by atoms with E-state index in [0.29, 0.717) is 24.2 Å². The number of amides is 1. The smallest absolute Gasteiger partial charge is 0.270 e. The number of H-pyrrole nitrogens is 1. The standard InChI is InChI=1S/C15H17FN2O2/c1-9-7-18(8-10(2)20-9)15(19)14-6-11-5-12(16)3-4-13(11)17-14/h3-6,9-10,17H,7-8H2,1-2H3/t9-,10+. The monoisotopic (exact) mass is 276 g/mol. The van der Waals surface area contributed by atoms with Crippen LogP contribution in [-0.4, -0.2) is 41.1 Å². The molecule has 2 aromatic rings. The van der Waals surface area contributed by atoms with Crippen molar-refractivity contribution in [2.45, 2.75) is 26.1 Å². The number of hydrogen-bond acceptors (Lipinski definition) is 2. The molecule has 0 saturated carbocycles. The Morgan fingerprint density at radius 1 is 1.30 bits per heavy atom. The summed E-state index contributed by atoms with van der Waals surface area (Å²) in [5.41, 5.74) is 1.26. The molecular weight excluding hydrogens is 259 g/mol. The van der Waals surface area contributed by atoms with Crippen LogP contribution in [0.25, 0.3) is 10.9 Å². The molecule has 2 atom stereocenters. The normalized spacial score (nSPS) is 23.2. The first kappa shape index (κ1) is 13.1. The van der Waals surface area contributed by atoms with E-state index in [4.69, 9.17) is 4.74 Å². The number of nitrogens with zero attached hydrogens (tertiary/aromatic N) is 1. The summed E-state index contributed by atoms with van der Waals surface area (Å²) in [4.78, 5) is 17.3. The Morgan fingerprint density at radius 3 is 2.70 bits per heavy atom. The van der Waals surface area contributed by atoms with E-state index in [1.54, 1.807) is 17.0 Å². The summed E-state index contributed by atoms with van der Waals surface area (Å²) >= 11 is 0. The molecule has 0 spiro atoms. The maximum atomic E-state index is 13.2. The lowest BCUT2D eigenvalue weighted by Gasteiger charge is -2.35. The average Bonchev–Trinajstić information content (AvgIpc) is 2.79. The van der Waals surface area contributed by atoms with Crippen LogP contribution in [0.2, 0.25) is 0 Å². The number of hydrogen-bond donors (Lipinski definition) is 1. The minimum Gasteiger partial charge on any atom is -0.372 e. The SMILES string of the molecule is C[C@@H]1CN(C(=O)c2cc3cc(F)ccc3[nH]2)C[C@H](C)O1. The molecule has 1 saturated heterocycles. The lowest BCUT2D eigenvalue weighted by atomic mass is 10.2. The number of halogens is 1. The van der Waals surface area contributed by atoms with Crippen molar-refractivity contribution in [2.24, 2.45) is 0 Å². The number of nitrogens with one attached hydrogen (secondary N) is 1. The lowest BCUT2D eigenvalue weighted by molar-refractivity contribution is -0.0587. The van der Waals surface area contributed by atoms with Crippen molar-refractivity contribution in [2.75, 3.05) is 13.1 Å². The second-order valence-electron chi connectivity index (χ2n) is 5.38. The number of carbonyl (C=O) groups is 1. The first-order chi connectivity index (χ1) is 9.52. The van der Waals surface area contributed by atoms with Crippen LogP contribution in [0, 0.1) is 5.82 Å². The van der Waals surface area contributed by atoms with Gasteiger partial charge in [-0.25, -0.2) is 4.39 Å². The third-order valence-corrected chi connectivity index (χ3v) is 3.52. The number of aromatic amines is 1. The topological polar surface area (TPSA) is 45.3 Å². The van der Waals surface area contributed by atoms with Gasteiger partial charge in [0, 0.05) is 24.0 Å². The van der Waals surface area contributed by atoms with E-state index >= 15 is 0 Å². The molecular formula is C15H17FN2O2. The highest BCUT2D eigenvalue weighted by atomic mass is 19.1. The molecule has 3 rings (SSSR count).